The van der Waals surface area contributed by atoms with E-state index in [0.717, 1.165) is 12.1 Å². The number of hydrogen-bond donors (Lipinski definition) is 2. The zero-order chi connectivity index (χ0) is 13.8. The van der Waals surface area contributed by atoms with Gasteiger partial charge in [-0.1, -0.05) is 18.2 Å². The molecule has 0 radical (unpaired) electrons. The molecule has 1 amide bonds. The first-order valence-corrected chi connectivity index (χ1v) is 5.65. The first-order chi connectivity index (χ1) is 9.09. The van der Waals surface area contributed by atoms with Gasteiger partial charge in [0.05, 0.1) is 5.56 Å². The van der Waals surface area contributed by atoms with Crippen LogP contribution in [0.25, 0.3) is 0 Å². The largest absolute Gasteiger partial charge is 0.398 e. The number of carbonyl (C=O) groups excluding carboxylic acids is 1. The van der Waals surface area contributed by atoms with Crippen LogP contribution in [0.4, 0.5) is 14.5 Å². The molecule has 0 atom stereocenters. The Balaban J connectivity index is 2.11. The molecule has 0 unspecified atom stereocenters. The van der Waals surface area contributed by atoms with Gasteiger partial charge in [-0.15, -0.1) is 0 Å². The van der Waals surface area contributed by atoms with Crippen molar-refractivity contribution in [3.05, 3.63) is 65.2 Å². The lowest BCUT2D eigenvalue weighted by molar-refractivity contribution is 0.0951. The molecule has 0 aromatic heterocycles. The van der Waals surface area contributed by atoms with Gasteiger partial charge < -0.3 is 11.1 Å². The summed E-state index contributed by atoms with van der Waals surface area (Å²) in [6, 6.07) is 10.0. The maximum absolute atomic E-state index is 13.4. The first kappa shape index (κ1) is 13.0. The minimum Gasteiger partial charge on any atom is -0.398 e. The highest BCUT2D eigenvalue weighted by Crippen LogP contribution is 2.13. The third kappa shape index (κ3) is 2.88. The Labute approximate surface area is 109 Å². The molecule has 0 aliphatic rings. The van der Waals surface area contributed by atoms with Crippen molar-refractivity contribution in [1.29, 1.82) is 0 Å². The summed E-state index contributed by atoms with van der Waals surface area (Å²) in [5, 5.41) is 2.44. The molecule has 5 heteroatoms. The zero-order valence-corrected chi connectivity index (χ0v) is 9.99. The highest BCUT2D eigenvalue weighted by molar-refractivity contribution is 5.98. The number of nitrogens with one attached hydrogen (secondary N) is 1. The van der Waals surface area contributed by atoms with E-state index in [9.17, 15) is 13.6 Å². The molecule has 2 aromatic carbocycles. The maximum Gasteiger partial charge on any atom is 0.253 e. The van der Waals surface area contributed by atoms with E-state index in [-0.39, 0.29) is 17.7 Å². The summed E-state index contributed by atoms with van der Waals surface area (Å²) in [5.74, 6) is -1.86. The van der Waals surface area contributed by atoms with Gasteiger partial charge in [-0.3, -0.25) is 4.79 Å². The molecule has 0 aliphatic heterocycles. The zero-order valence-electron chi connectivity index (χ0n) is 9.99. The Morgan fingerprint density at radius 1 is 1.05 bits per heavy atom. The van der Waals surface area contributed by atoms with Gasteiger partial charge in [-0.2, -0.15) is 0 Å². The Morgan fingerprint density at radius 3 is 2.32 bits per heavy atom. The smallest absolute Gasteiger partial charge is 0.253 e. The molecule has 0 fully saturated rings. The SMILES string of the molecule is Nc1ccccc1C(=O)NCc1c(F)cccc1F. The van der Waals surface area contributed by atoms with Gasteiger partial charge in [0.25, 0.3) is 5.91 Å². The van der Waals surface area contributed by atoms with Crippen LogP contribution >= 0.6 is 0 Å². The monoisotopic (exact) mass is 262 g/mol. The number of hydrogen-bond acceptors (Lipinski definition) is 2. The van der Waals surface area contributed by atoms with E-state index in [2.05, 4.69) is 5.32 Å². The van der Waals surface area contributed by atoms with Gasteiger partial charge in [0.15, 0.2) is 0 Å². The molecule has 0 saturated heterocycles. The number of nitrogen functional groups attached to an aromatic ring is 1. The molecule has 0 heterocycles. The normalized spacial score (nSPS) is 10.2. The van der Waals surface area contributed by atoms with Crippen molar-refractivity contribution in [2.24, 2.45) is 0 Å². The summed E-state index contributed by atoms with van der Waals surface area (Å²) in [6.07, 6.45) is 0. The van der Waals surface area contributed by atoms with Crippen molar-refractivity contribution >= 4 is 11.6 Å². The average Bonchev–Trinajstić information content (AvgIpc) is 2.38. The standard InChI is InChI=1S/C14H12F2N2O/c15-11-5-3-6-12(16)10(11)8-18-14(19)9-4-1-2-7-13(9)17/h1-7H,8,17H2,(H,18,19). The highest BCUT2D eigenvalue weighted by atomic mass is 19.1. The number of halogens is 2. The molecule has 2 aromatic rings. The predicted octanol–water partition coefficient (Wildman–Crippen LogP) is 2.48. The van der Waals surface area contributed by atoms with Gasteiger partial charge in [0.1, 0.15) is 11.6 Å². The summed E-state index contributed by atoms with van der Waals surface area (Å²) >= 11 is 0. The minimum atomic E-state index is -0.693. The van der Waals surface area contributed by atoms with E-state index < -0.39 is 17.5 Å². The van der Waals surface area contributed by atoms with Crippen LogP contribution in [-0.4, -0.2) is 5.91 Å². The van der Waals surface area contributed by atoms with Crippen molar-refractivity contribution < 1.29 is 13.6 Å². The number of nitrogens with two attached hydrogens (primary N) is 1. The molecular formula is C14H12F2N2O. The number of carbonyl (C=O) groups is 1. The van der Waals surface area contributed by atoms with Crippen LogP contribution < -0.4 is 11.1 Å². The van der Waals surface area contributed by atoms with Crippen LogP contribution in [0.2, 0.25) is 0 Å². The lowest BCUT2D eigenvalue weighted by Crippen LogP contribution is -2.24. The average molecular weight is 262 g/mol. The molecule has 98 valence electrons. The fourth-order valence-electron chi connectivity index (χ4n) is 1.67. The lowest BCUT2D eigenvalue weighted by atomic mass is 10.1. The van der Waals surface area contributed by atoms with Crippen LogP contribution in [0, 0.1) is 11.6 Å². The van der Waals surface area contributed by atoms with Gasteiger partial charge in [-0.25, -0.2) is 8.78 Å². The van der Waals surface area contributed by atoms with Gasteiger partial charge in [-0.05, 0) is 24.3 Å². The van der Waals surface area contributed by atoms with Crippen molar-refractivity contribution in [3.63, 3.8) is 0 Å². The predicted molar refractivity (Wildman–Crippen MR) is 68.4 cm³/mol. The summed E-state index contributed by atoms with van der Waals surface area (Å²) < 4.78 is 26.7. The molecule has 3 N–H and O–H groups in total. The molecule has 19 heavy (non-hydrogen) atoms. The summed E-state index contributed by atoms with van der Waals surface area (Å²) in [6.45, 7) is -0.230. The first-order valence-electron chi connectivity index (χ1n) is 5.65. The summed E-state index contributed by atoms with van der Waals surface area (Å²) in [7, 11) is 0. The Hall–Kier alpha value is -2.43. The minimum absolute atomic E-state index is 0.176. The van der Waals surface area contributed by atoms with Gasteiger partial charge in [0.2, 0.25) is 0 Å². The van der Waals surface area contributed by atoms with E-state index in [4.69, 9.17) is 5.73 Å². The van der Waals surface area contributed by atoms with E-state index in [1.807, 2.05) is 0 Å². The summed E-state index contributed by atoms with van der Waals surface area (Å²) in [4.78, 5) is 11.8. The summed E-state index contributed by atoms with van der Waals surface area (Å²) in [5.41, 5.74) is 6.06. The topological polar surface area (TPSA) is 55.1 Å². The molecule has 0 bridgehead atoms. The molecule has 3 nitrogen and oxygen atoms in total. The lowest BCUT2D eigenvalue weighted by Gasteiger charge is -2.08. The van der Waals surface area contributed by atoms with E-state index in [1.165, 1.54) is 6.07 Å². The Morgan fingerprint density at radius 2 is 1.68 bits per heavy atom. The molecule has 0 saturated carbocycles. The number of amides is 1. The number of benzene rings is 2. The number of anilines is 1. The molecule has 0 aliphatic carbocycles. The van der Waals surface area contributed by atoms with Crippen LogP contribution in [-0.2, 0) is 6.54 Å². The van der Waals surface area contributed by atoms with Crippen LogP contribution in [0.5, 0.6) is 0 Å². The second kappa shape index (κ2) is 5.48. The van der Waals surface area contributed by atoms with Crippen molar-refractivity contribution in [1.82, 2.24) is 5.32 Å². The Kier molecular flexibility index (Phi) is 3.75. The second-order valence-corrected chi connectivity index (χ2v) is 3.97. The van der Waals surface area contributed by atoms with Crippen molar-refractivity contribution in [2.45, 2.75) is 6.54 Å². The van der Waals surface area contributed by atoms with E-state index in [0.29, 0.717) is 5.69 Å². The molecule has 2 rings (SSSR count). The van der Waals surface area contributed by atoms with Gasteiger partial charge >= 0.3 is 0 Å². The number of para-hydroxylation sites is 1. The van der Waals surface area contributed by atoms with E-state index >= 15 is 0 Å². The van der Waals surface area contributed by atoms with Crippen LogP contribution in [0.15, 0.2) is 42.5 Å². The fraction of sp³-hybridized carbons (Fsp3) is 0.0714. The van der Waals surface area contributed by atoms with Crippen LogP contribution in [0.3, 0.4) is 0 Å². The highest BCUT2D eigenvalue weighted by Gasteiger charge is 2.12. The van der Waals surface area contributed by atoms with Crippen LogP contribution in [0.1, 0.15) is 15.9 Å². The Bertz CT molecular complexity index is 594. The quantitative estimate of drug-likeness (QED) is 0.835. The van der Waals surface area contributed by atoms with Crippen molar-refractivity contribution in [3.8, 4) is 0 Å². The second-order valence-electron chi connectivity index (χ2n) is 3.97. The fourth-order valence-corrected chi connectivity index (χ4v) is 1.67. The third-order valence-electron chi connectivity index (χ3n) is 2.69. The maximum atomic E-state index is 13.4. The molecule has 0 spiro atoms. The number of rotatable bonds is 3. The molecular weight excluding hydrogens is 250 g/mol. The van der Waals surface area contributed by atoms with Crippen molar-refractivity contribution in [2.75, 3.05) is 5.73 Å². The van der Waals surface area contributed by atoms with E-state index in [1.54, 1.807) is 24.3 Å². The third-order valence-corrected chi connectivity index (χ3v) is 2.69. The van der Waals surface area contributed by atoms with Gasteiger partial charge in [0, 0.05) is 17.8 Å².